The second kappa shape index (κ2) is 6.40. The van der Waals surface area contributed by atoms with E-state index >= 15 is 0 Å². The SMILES string of the molecule is COc1ccc(C(C)C)cc1[C@@H](N)C1CCOCC1. The predicted molar refractivity (Wildman–Crippen MR) is 77.6 cm³/mol. The van der Waals surface area contributed by atoms with Crippen LogP contribution in [0.15, 0.2) is 18.2 Å². The zero-order valence-electron chi connectivity index (χ0n) is 12.2. The Labute approximate surface area is 116 Å². The van der Waals surface area contributed by atoms with Crippen LogP contribution in [0, 0.1) is 5.92 Å². The highest BCUT2D eigenvalue weighted by atomic mass is 16.5. The summed E-state index contributed by atoms with van der Waals surface area (Å²) in [5, 5.41) is 0. The second-order valence-electron chi connectivity index (χ2n) is 5.63. The number of hydrogen-bond donors (Lipinski definition) is 1. The average Bonchev–Trinajstić information content (AvgIpc) is 2.46. The van der Waals surface area contributed by atoms with Gasteiger partial charge in [0.2, 0.25) is 0 Å². The van der Waals surface area contributed by atoms with Crippen molar-refractivity contribution in [3.05, 3.63) is 29.3 Å². The molecule has 19 heavy (non-hydrogen) atoms. The molecule has 1 aromatic carbocycles. The van der Waals surface area contributed by atoms with Crippen LogP contribution in [0.5, 0.6) is 5.75 Å². The molecule has 0 bridgehead atoms. The molecule has 1 aliphatic heterocycles. The first kappa shape index (κ1) is 14.4. The van der Waals surface area contributed by atoms with E-state index in [0.717, 1.165) is 37.4 Å². The molecule has 1 heterocycles. The molecule has 0 spiro atoms. The van der Waals surface area contributed by atoms with Gasteiger partial charge in [-0.3, -0.25) is 0 Å². The highest BCUT2D eigenvalue weighted by Gasteiger charge is 2.25. The monoisotopic (exact) mass is 263 g/mol. The van der Waals surface area contributed by atoms with Crippen molar-refractivity contribution in [1.29, 1.82) is 0 Å². The molecule has 0 saturated carbocycles. The summed E-state index contributed by atoms with van der Waals surface area (Å²) in [6, 6.07) is 6.43. The molecule has 0 radical (unpaired) electrons. The minimum absolute atomic E-state index is 0.0394. The number of ether oxygens (including phenoxy) is 2. The van der Waals surface area contributed by atoms with E-state index in [1.807, 2.05) is 6.07 Å². The number of methoxy groups -OCH3 is 1. The van der Waals surface area contributed by atoms with E-state index in [1.165, 1.54) is 5.56 Å². The highest BCUT2D eigenvalue weighted by molar-refractivity contribution is 5.40. The predicted octanol–water partition coefficient (Wildman–Crippen LogP) is 3.25. The van der Waals surface area contributed by atoms with Gasteiger partial charge in [0, 0.05) is 24.8 Å². The second-order valence-corrected chi connectivity index (χ2v) is 5.63. The van der Waals surface area contributed by atoms with E-state index in [0.29, 0.717) is 11.8 Å². The van der Waals surface area contributed by atoms with Gasteiger partial charge in [-0.15, -0.1) is 0 Å². The molecule has 0 unspecified atom stereocenters. The first-order valence-electron chi connectivity index (χ1n) is 7.14. The Morgan fingerprint density at radius 1 is 1.26 bits per heavy atom. The number of nitrogens with two attached hydrogens (primary N) is 1. The Balaban J connectivity index is 2.27. The molecule has 1 atom stereocenters. The molecule has 1 saturated heterocycles. The number of rotatable bonds is 4. The van der Waals surface area contributed by atoms with Crippen LogP contribution in [0.3, 0.4) is 0 Å². The van der Waals surface area contributed by atoms with Gasteiger partial charge in [0.25, 0.3) is 0 Å². The zero-order valence-corrected chi connectivity index (χ0v) is 12.2. The van der Waals surface area contributed by atoms with Gasteiger partial charge >= 0.3 is 0 Å². The van der Waals surface area contributed by atoms with E-state index in [1.54, 1.807) is 7.11 Å². The lowest BCUT2D eigenvalue weighted by Crippen LogP contribution is -2.27. The Morgan fingerprint density at radius 3 is 2.53 bits per heavy atom. The number of benzene rings is 1. The molecule has 0 aliphatic carbocycles. The normalized spacial score (nSPS) is 18.6. The molecular weight excluding hydrogens is 238 g/mol. The Bertz CT molecular complexity index is 411. The molecule has 3 nitrogen and oxygen atoms in total. The summed E-state index contributed by atoms with van der Waals surface area (Å²) in [6.45, 7) is 6.05. The maximum Gasteiger partial charge on any atom is 0.123 e. The molecule has 0 amide bonds. The van der Waals surface area contributed by atoms with Crippen LogP contribution in [0.2, 0.25) is 0 Å². The van der Waals surface area contributed by atoms with Gasteiger partial charge in [-0.25, -0.2) is 0 Å². The fourth-order valence-corrected chi connectivity index (χ4v) is 2.70. The van der Waals surface area contributed by atoms with Crippen LogP contribution in [-0.2, 0) is 4.74 Å². The van der Waals surface area contributed by atoms with E-state index in [4.69, 9.17) is 15.2 Å². The van der Waals surface area contributed by atoms with Crippen molar-refractivity contribution in [2.45, 2.75) is 38.6 Å². The van der Waals surface area contributed by atoms with Crippen molar-refractivity contribution in [1.82, 2.24) is 0 Å². The van der Waals surface area contributed by atoms with Crippen molar-refractivity contribution < 1.29 is 9.47 Å². The molecule has 1 fully saturated rings. The summed E-state index contributed by atoms with van der Waals surface area (Å²) >= 11 is 0. The molecule has 1 aliphatic rings. The summed E-state index contributed by atoms with van der Waals surface area (Å²) in [4.78, 5) is 0. The molecule has 106 valence electrons. The molecule has 2 rings (SSSR count). The first-order valence-corrected chi connectivity index (χ1v) is 7.14. The largest absolute Gasteiger partial charge is 0.496 e. The van der Waals surface area contributed by atoms with E-state index < -0.39 is 0 Å². The van der Waals surface area contributed by atoms with Gasteiger partial charge in [-0.2, -0.15) is 0 Å². The fourth-order valence-electron chi connectivity index (χ4n) is 2.70. The van der Waals surface area contributed by atoms with Gasteiger partial charge in [-0.1, -0.05) is 26.0 Å². The molecule has 3 heteroatoms. The van der Waals surface area contributed by atoms with Crippen LogP contribution < -0.4 is 10.5 Å². The van der Waals surface area contributed by atoms with Crippen molar-refractivity contribution in [2.75, 3.05) is 20.3 Å². The van der Waals surface area contributed by atoms with Crippen LogP contribution in [-0.4, -0.2) is 20.3 Å². The molecular formula is C16H25NO2. The zero-order chi connectivity index (χ0) is 13.8. The highest BCUT2D eigenvalue weighted by Crippen LogP contribution is 2.35. The smallest absolute Gasteiger partial charge is 0.123 e. The third-order valence-corrected chi connectivity index (χ3v) is 4.05. The first-order chi connectivity index (χ1) is 9.13. The molecule has 2 N–H and O–H groups in total. The lowest BCUT2D eigenvalue weighted by atomic mass is 9.86. The fraction of sp³-hybridized carbons (Fsp3) is 0.625. The van der Waals surface area contributed by atoms with Crippen LogP contribution in [0.4, 0.5) is 0 Å². The Morgan fingerprint density at radius 2 is 1.95 bits per heavy atom. The molecule has 1 aromatic rings. The Kier molecular flexibility index (Phi) is 4.83. The third-order valence-electron chi connectivity index (χ3n) is 4.05. The Hall–Kier alpha value is -1.06. The van der Waals surface area contributed by atoms with Crippen LogP contribution in [0.1, 0.15) is 49.8 Å². The van der Waals surface area contributed by atoms with Gasteiger partial charge in [0.1, 0.15) is 5.75 Å². The topological polar surface area (TPSA) is 44.5 Å². The summed E-state index contributed by atoms with van der Waals surface area (Å²) in [7, 11) is 1.71. The van der Waals surface area contributed by atoms with E-state index in [9.17, 15) is 0 Å². The minimum atomic E-state index is 0.0394. The van der Waals surface area contributed by atoms with Crippen molar-refractivity contribution in [3.8, 4) is 5.75 Å². The molecule has 0 aromatic heterocycles. The quantitative estimate of drug-likeness (QED) is 0.907. The summed E-state index contributed by atoms with van der Waals surface area (Å²) in [5.74, 6) is 1.90. The maximum absolute atomic E-state index is 6.48. The third kappa shape index (κ3) is 3.28. The van der Waals surface area contributed by atoms with Gasteiger partial charge in [-0.05, 0) is 36.3 Å². The minimum Gasteiger partial charge on any atom is -0.496 e. The summed E-state index contributed by atoms with van der Waals surface area (Å²) in [5.41, 5.74) is 8.94. The van der Waals surface area contributed by atoms with E-state index in [2.05, 4.69) is 26.0 Å². The number of hydrogen-bond acceptors (Lipinski definition) is 3. The maximum atomic E-state index is 6.48. The van der Waals surface area contributed by atoms with Crippen LogP contribution >= 0.6 is 0 Å². The van der Waals surface area contributed by atoms with Crippen LogP contribution in [0.25, 0.3) is 0 Å². The van der Waals surface area contributed by atoms with Gasteiger partial charge < -0.3 is 15.2 Å². The average molecular weight is 263 g/mol. The van der Waals surface area contributed by atoms with Gasteiger partial charge in [0.15, 0.2) is 0 Å². The summed E-state index contributed by atoms with van der Waals surface area (Å²) < 4.78 is 10.9. The van der Waals surface area contributed by atoms with Crippen molar-refractivity contribution in [3.63, 3.8) is 0 Å². The lowest BCUT2D eigenvalue weighted by Gasteiger charge is -2.29. The summed E-state index contributed by atoms with van der Waals surface area (Å²) in [6.07, 6.45) is 2.08. The lowest BCUT2D eigenvalue weighted by molar-refractivity contribution is 0.0581. The van der Waals surface area contributed by atoms with Crippen molar-refractivity contribution >= 4 is 0 Å². The van der Waals surface area contributed by atoms with Crippen molar-refractivity contribution in [2.24, 2.45) is 11.7 Å². The van der Waals surface area contributed by atoms with E-state index in [-0.39, 0.29) is 6.04 Å². The van der Waals surface area contributed by atoms with Gasteiger partial charge in [0.05, 0.1) is 7.11 Å². The standard InChI is InChI=1S/C16H25NO2/c1-11(2)13-4-5-15(18-3)14(10-13)16(17)12-6-8-19-9-7-12/h4-5,10-12,16H,6-9,17H2,1-3H3/t16-/m0/s1.